The van der Waals surface area contributed by atoms with Gasteiger partial charge in [0, 0.05) is 10.5 Å². The summed E-state index contributed by atoms with van der Waals surface area (Å²) < 4.78 is 0. The average Bonchev–Trinajstić information content (AvgIpc) is 2.23. The normalized spacial score (nSPS) is 50.9. The van der Waals surface area contributed by atoms with Crippen molar-refractivity contribution < 1.29 is 0 Å². The zero-order valence-corrected chi connectivity index (χ0v) is 5.82. The molecule has 0 aromatic rings. The number of rotatable bonds is 0. The molecule has 0 saturated carbocycles. The molecule has 1 heteroatoms. The lowest BCUT2D eigenvalue weighted by atomic mass is 10.1. The molecule has 44 valence electrons. The Balaban J connectivity index is 2.23. The van der Waals surface area contributed by atoms with Gasteiger partial charge in [0.05, 0.1) is 0 Å². The third-order valence-corrected chi connectivity index (χ3v) is 3.55. The summed E-state index contributed by atoms with van der Waals surface area (Å²) in [7, 11) is 0. The van der Waals surface area contributed by atoms with Crippen LogP contribution in [0.4, 0.5) is 0 Å². The van der Waals surface area contributed by atoms with Gasteiger partial charge < -0.3 is 0 Å². The summed E-state index contributed by atoms with van der Waals surface area (Å²) >= 11 is 2.13. The molecule has 1 aliphatic heterocycles. The van der Waals surface area contributed by atoms with Gasteiger partial charge in [-0.05, 0) is 12.3 Å². The van der Waals surface area contributed by atoms with Crippen molar-refractivity contribution in [2.24, 2.45) is 5.92 Å². The van der Waals surface area contributed by atoms with Gasteiger partial charge in [-0.1, -0.05) is 19.1 Å². The van der Waals surface area contributed by atoms with Crippen LogP contribution in [0.15, 0.2) is 12.2 Å². The van der Waals surface area contributed by atoms with Crippen molar-refractivity contribution in [1.29, 1.82) is 0 Å². The molecule has 2 rings (SSSR count). The first kappa shape index (κ1) is 4.92. The fourth-order valence-corrected chi connectivity index (χ4v) is 2.99. The topological polar surface area (TPSA) is 0 Å². The quantitative estimate of drug-likeness (QED) is 0.448. The van der Waals surface area contributed by atoms with E-state index in [1.807, 2.05) is 0 Å². The maximum Gasteiger partial charge on any atom is 0.0236 e. The van der Waals surface area contributed by atoms with Crippen LogP contribution < -0.4 is 0 Å². The van der Waals surface area contributed by atoms with Crippen molar-refractivity contribution in [1.82, 2.24) is 0 Å². The summed E-state index contributed by atoms with van der Waals surface area (Å²) in [5.41, 5.74) is 0. The molecule has 3 unspecified atom stereocenters. The minimum absolute atomic E-state index is 0.884. The van der Waals surface area contributed by atoms with E-state index in [1.54, 1.807) is 0 Å². The van der Waals surface area contributed by atoms with E-state index in [0.717, 1.165) is 16.4 Å². The summed E-state index contributed by atoms with van der Waals surface area (Å²) in [6, 6.07) is 0. The Hall–Kier alpha value is 0.0900. The first-order chi connectivity index (χ1) is 3.86. The van der Waals surface area contributed by atoms with Gasteiger partial charge in [-0.25, -0.2) is 0 Å². The van der Waals surface area contributed by atoms with E-state index in [9.17, 15) is 0 Å². The van der Waals surface area contributed by atoms with Crippen molar-refractivity contribution >= 4 is 11.8 Å². The molecule has 0 spiro atoms. The monoisotopic (exact) mass is 126 g/mol. The minimum atomic E-state index is 0.884. The van der Waals surface area contributed by atoms with E-state index in [1.165, 1.54) is 6.42 Å². The number of hydrogen-bond acceptors (Lipinski definition) is 1. The van der Waals surface area contributed by atoms with Crippen molar-refractivity contribution in [3.8, 4) is 0 Å². The lowest BCUT2D eigenvalue weighted by Crippen LogP contribution is -2.02. The summed E-state index contributed by atoms with van der Waals surface area (Å²) in [5, 5.41) is 1.79. The molecule has 1 aliphatic carbocycles. The molecule has 1 fully saturated rings. The molecule has 0 aromatic heterocycles. The zero-order chi connectivity index (χ0) is 5.56. The molecule has 3 atom stereocenters. The molecule has 0 radical (unpaired) electrons. The molecule has 2 aliphatic rings. The van der Waals surface area contributed by atoms with Gasteiger partial charge in [0.15, 0.2) is 0 Å². The molecule has 8 heavy (non-hydrogen) atoms. The predicted octanol–water partition coefficient (Wildman–Crippen LogP) is 2.07. The summed E-state index contributed by atoms with van der Waals surface area (Å²) in [6.45, 7) is 2.33. The fourth-order valence-electron chi connectivity index (χ4n) is 1.52. The van der Waals surface area contributed by atoms with Gasteiger partial charge in [0.2, 0.25) is 0 Å². The number of hydrogen-bond donors (Lipinski definition) is 0. The van der Waals surface area contributed by atoms with Crippen molar-refractivity contribution in [3.63, 3.8) is 0 Å². The van der Waals surface area contributed by atoms with Gasteiger partial charge in [-0.15, -0.1) is 0 Å². The van der Waals surface area contributed by atoms with Crippen LogP contribution in [-0.4, -0.2) is 10.5 Å². The third-order valence-electron chi connectivity index (χ3n) is 2.07. The Labute approximate surface area is 54.4 Å². The average molecular weight is 126 g/mol. The summed E-state index contributed by atoms with van der Waals surface area (Å²) in [4.78, 5) is 0. The van der Waals surface area contributed by atoms with E-state index >= 15 is 0 Å². The lowest BCUT2D eigenvalue weighted by molar-refractivity contribution is 0.667. The van der Waals surface area contributed by atoms with Gasteiger partial charge in [-0.2, -0.15) is 11.8 Å². The zero-order valence-electron chi connectivity index (χ0n) is 5.00. The Morgan fingerprint density at radius 2 is 2.38 bits per heavy atom. The van der Waals surface area contributed by atoms with Crippen LogP contribution in [0.25, 0.3) is 0 Å². The van der Waals surface area contributed by atoms with Crippen LogP contribution in [0.1, 0.15) is 13.3 Å². The van der Waals surface area contributed by atoms with Crippen LogP contribution in [-0.2, 0) is 0 Å². The maximum absolute atomic E-state index is 2.38. The molecule has 0 nitrogen and oxygen atoms in total. The highest BCUT2D eigenvalue weighted by Crippen LogP contribution is 2.44. The van der Waals surface area contributed by atoms with Crippen molar-refractivity contribution in [3.05, 3.63) is 12.2 Å². The highest BCUT2D eigenvalue weighted by atomic mass is 32.2. The molecule has 1 heterocycles. The van der Waals surface area contributed by atoms with Crippen molar-refractivity contribution in [2.75, 3.05) is 0 Å². The maximum atomic E-state index is 2.38. The van der Waals surface area contributed by atoms with Crippen LogP contribution in [0.3, 0.4) is 0 Å². The number of thioether (sulfide) groups is 1. The van der Waals surface area contributed by atoms with E-state index in [2.05, 4.69) is 30.8 Å². The largest absolute Gasteiger partial charge is 0.151 e. The smallest absolute Gasteiger partial charge is 0.0236 e. The van der Waals surface area contributed by atoms with Gasteiger partial charge >= 0.3 is 0 Å². The third kappa shape index (κ3) is 0.540. The number of allylic oxidation sites excluding steroid dienone is 1. The second kappa shape index (κ2) is 1.53. The van der Waals surface area contributed by atoms with Crippen molar-refractivity contribution in [2.45, 2.75) is 23.8 Å². The van der Waals surface area contributed by atoms with Gasteiger partial charge in [0.1, 0.15) is 0 Å². The van der Waals surface area contributed by atoms with E-state index < -0.39 is 0 Å². The Morgan fingerprint density at radius 1 is 1.50 bits per heavy atom. The first-order valence-corrected chi connectivity index (χ1v) is 4.14. The van der Waals surface area contributed by atoms with Crippen LogP contribution >= 0.6 is 11.8 Å². The van der Waals surface area contributed by atoms with Crippen LogP contribution in [0.2, 0.25) is 0 Å². The Kier molecular flexibility index (Phi) is 0.944. The number of fused-ring (bicyclic) bond motifs is 2. The molecule has 1 saturated heterocycles. The molecule has 0 amide bonds. The van der Waals surface area contributed by atoms with Gasteiger partial charge in [-0.3, -0.25) is 0 Å². The first-order valence-electron chi connectivity index (χ1n) is 3.20. The van der Waals surface area contributed by atoms with E-state index in [4.69, 9.17) is 0 Å². The van der Waals surface area contributed by atoms with Crippen LogP contribution in [0.5, 0.6) is 0 Å². The predicted molar refractivity (Wildman–Crippen MR) is 38.1 cm³/mol. The second-order valence-electron chi connectivity index (χ2n) is 2.66. The summed E-state index contributed by atoms with van der Waals surface area (Å²) in [6.07, 6.45) is 6.16. The van der Waals surface area contributed by atoms with E-state index in [0.29, 0.717) is 0 Å². The summed E-state index contributed by atoms with van der Waals surface area (Å²) in [5.74, 6) is 0.921. The minimum Gasteiger partial charge on any atom is -0.151 e. The molecule has 0 aromatic carbocycles. The standard InChI is InChI=1S/C7H10S/c1-5-6-2-3-7(4-6)8-5/h2-3,5-7H,4H2,1H3. The van der Waals surface area contributed by atoms with Crippen LogP contribution in [0, 0.1) is 5.92 Å². The molecule has 2 bridgehead atoms. The molecular formula is C7H10S. The highest BCUT2D eigenvalue weighted by molar-refractivity contribution is 8.01. The SMILES string of the molecule is CC1SC2C=CC1C2. The Morgan fingerprint density at radius 3 is 2.62 bits per heavy atom. The fraction of sp³-hybridized carbons (Fsp3) is 0.714. The highest BCUT2D eigenvalue weighted by Gasteiger charge is 2.32. The van der Waals surface area contributed by atoms with Gasteiger partial charge in [0.25, 0.3) is 0 Å². The van der Waals surface area contributed by atoms with E-state index in [-0.39, 0.29) is 0 Å². The molecule has 0 N–H and O–H groups in total. The second-order valence-corrected chi connectivity index (χ2v) is 4.29. The lowest BCUT2D eigenvalue weighted by Gasteiger charge is -2.09. The molecular weight excluding hydrogens is 116 g/mol. The Bertz CT molecular complexity index is 128.